The Balaban J connectivity index is 2.17. The van der Waals surface area contributed by atoms with E-state index in [1.807, 2.05) is 5.38 Å². The van der Waals surface area contributed by atoms with E-state index in [9.17, 15) is 9.50 Å². The van der Waals surface area contributed by atoms with Gasteiger partial charge in [0.2, 0.25) is 0 Å². The molecule has 0 aliphatic heterocycles. The smallest absolute Gasteiger partial charge is 0.124 e. The molecule has 1 N–H and O–H groups in total. The van der Waals surface area contributed by atoms with E-state index in [2.05, 4.69) is 20.9 Å². The van der Waals surface area contributed by atoms with Crippen LogP contribution in [0.2, 0.25) is 0 Å². The molecule has 1 aromatic carbocycles. The molecule has 0 fully saturated rings. The highest BCUT2D eigenvalue weighted by Crippen LogP contribution is 2.27. The third-order valence-corrected chi connectivity index (χ3v) is 3.66. The van der Waals surface area contributed by atoms with Crippen LogP contribution >= 0.6 is 27.3 Å². The van der Waals surface area contributed by atoms with Gasteiger partial charge in [-0.25, -0.2) is 9.37 Å². The number of rotatable bonds is 3. The minimum absolute atomic E-state index is 0.322. The molecule has 0 aliphatic rings. The van der Waals surface area contributed by atoms with Crippen LogP contribution in [0.1, 0.15) is 16.7 Å². The van der Waals surface area contributed by atoms with Gasteiger partial charge >= 0.3 is 0 Å². The lowest BCUT2D eigenvalue weighted by Gasteiger charge is -2.11. The molecule has 1 aromatic heterocycles. The Kier molecular flexibility index (Phi) is 3.68. The third-order valence-electron chi connectivity index (χ3n) is 2.17. The molecule has 0 bridgehead atoms. The van der Waals surface area contributed by atoms with Crippen molar-refractivity contribution < 1.29 is 9.50 Å². The summed E-state index contributed by atoms with van der Waals surface area (Å²) in [6.07, 6.45) is 1.48. The van der Waals surface area contributed by atoms with Crippen LogP contribution < -0.4 is 0 Å². The molecule has 0 amide bonds. The Bertz CT molecular complexity index is 475. The maximum atomic E-state index is 12.9. The molecule has 1 heterocycles. The predicted molar refractivity (Wildman–Crippen MR) is 64.9 cm³/mol. The van der Waals surface area contributed by atoms with Gasteiger partial charge < -0.3 is 5.11 Å². The van der Waals surface area contributed by atoms with Crippen molar-refractivity contribution in [3.63, 3.8) is 0 Å². The van der Waals surface area contributed by atoms with E-state index in [0.717, 1.165) is 5.01 Å². The highest BCUT2D eigenvalue weighted by atomic mass is 79.9. The normalized spacial score (nSPS) is 12.7. The van der Waals surface area contributed by atoms with Crippen molar-refractivity contribution in [2.45, 2.75) is 12.5 Å². The van der Waals surface area contributed by atoms with Crippen molar-refractivity contribution in [3.05, 3.63) is 50.6 Å². The number of aromatic nitrogens is 1. The van der Waals surface area contributed by atoms with Gasteiger partial charge in [-0.1, -0.05) is 22.0 Å². The van der Waals surface area contributed by atoms with Gasteiger partial charge in [-0.2, -0.15) is 0 Å². The quantitative estimate of drug-likeness (QED) is 0.943. The maximum absolute atomic E-state index is 12.9. The predicted octanol–water partition coefficient (Wildman–Crippen LogP) is 3.32. The minimum Gasteiger partial charge on any atom is -0.388 e. The molecule has 2 aromatic rings. The first-order chi connectivity index (χ1) is 7.66. The zero-order valence-electron chi connectivity index (χ0n) is 8.23. The van der Waals surface area contributed by atoms with E-state index < -0.39 is 6.10 Å². The standard InChI is InChI=1S/C11H9BrFNOS/c12-9-5-7(13)1-2-8(9)10(15)6-11-14-3-4-16-11/h1-5,10,15H,6H2. The molecule has 0 saturated heterocycles. The average Bonchev–Trinajstić information content (AvgIpc) is 2.70. The molecule has 0 radical (unpaired) electrons. The molecule has 16 heavy (non-hydrogen) atoms. The van der Waals surface area contributed by atoms with E-state index in [1.165, 1.54) is 23.5 Å². The first-order valence-corrected chi connectivity index (χ1v) is 6.35. The lowest BCUT2D eigenvalue weighted by atomic mass is 10.1. The number of benzene rings is 1. The summed E-state index contributed by atoms with van der Waals surface area (Å²) in [5.41, 5.74) is 0.677. The molecule has 84 valence electrons. The number of thiazole rings is 1. The largest absolute Gasteiger partial charge is 0.388 e. The molecular weight excluding hydrogens is 293 g/mol. The van der Waals surface area contributed by atoms with Crippen molar-refractivity contribution in [1.29, 1.82) is 0 Å². The third kappa shape index (κ3) is 2.66. The number of hydrogen-bond donors (Lipinski definition) is 1. The van der Waals surface area contributed by atoms with Gasteiger partial charge in [-0.3, -0.25) is 0 Å². The van der Waals surface area contributed by atoms with Crippen LogP contribution in [0.4, 0.5) is 4.39 Å². The zero-order chi connectivity index (χ0) is 11.5. The van der Waals surface area contributed by atoms with E-state index in [4.69, 9.17) is 0 Å². The summed E-state index contributed by atoms with van der Waals surface area (Å²) in [5.74, 6) is -0.322. The number of aliphatic hydroxyl groups is 1. The number of aliphatic hydroxyl groups excluding tert-OH is 1. The summed E-state index contributed by atoms with van der Waals surface area (Å²) in [7, 11) is 0. The van der Waals surface area contributed by atoms with Crippen molar-refractivity contribution in [3.8, 4) is 0 Å². The van der Waals surface area contributed by atoms with Crippen LogP contribution in [0.25, 0.3) is 0 Å². The van der Waals surface area contributed by atoms with Gasteiger partial charge in [0.25, 0.3) is 0 Å². The van der Waals surface area contributed by atoms with Crippen molar-refractivity contribution >= 4 is 27.3 Å². The average molecular weight is 302 g/mol. The second-order valence-corrected chi connectivity index (χ2v) is 5.15. The van der Waals surface area contributed by atoms with Crippen LogP contribution in [-0.2, 0) is 6.42 Å². The van der Waals surface area contributed by atoms with Crippen LogP contribution in [0.15, 0.2) is 34.2 Å². The van der Waals surface area contributed by atoms with Gasteiger partial charge in [-0.15, -0.1) is 11.3 Å². The van der Waals surface area contributed by atoms with Crippen LogP contribution in [0.3, 0.4) is 0 Å². The maximum Gasteiger partial charge on any atom is 0.124 e. The van der Waals surface area contributed by atoms with Crippen molar-refractivity contribution in [2.24, 2.45) is 0 Å². The monoisotopic (exact) mass is 301 g/mol. The fourth-order valence-electron chi connectivity index (χ4n) is 1.40. The highest BCUT2D eigenvalue weighted by Gasteiger charge is 2.13. The van der Waals surface area contributed by atoms with Gasteiger partial charge in [-0.05, 0) is 17.7 Å². The molecular formula is C11H9BrFNOS. The van der Waals surface area contributed by atoms with Crippen LogP contribution in [-0.4, -0.2) is 10.1 Å². The van der Waals surface area contributed by atoms with Crippen LogP contribution in [0.5, 0.6) is 0 Å². The molecule has 0 spiro atoms. The SMILES string of the molecule is OC(Cc1nccs1)c1ccc(F)cc1Br. The van der Waals surface area contributed by atoms with E-state index in [1.54, 1.807) is 12.3 Å². The molecule has 1 unspecified atom stereocenters. The van der Waals surface area contributed by atoms with Gasteiger partial charge in [0.1, 0.15) is 5.82 Å². The van der Waals surface area contributed by atoms with E-state index in [-0.39, 0.29) is 5.82 Å². The van der Waals surface area contributed by atoms with Gasteiger partial charge in [0.15, 0.2) is 0 Å². The Morgan fingerprint density at radius 1 is 1.50 bits per heavy atom. The summed E-state index contributed by atoms with van der Waals surface area (Å²) < 4.78 is 13.4. The molecule has 0 aliphatic carbocycles. The fraction of sp³-hybridized carbons (Fsp3) is 0.182. The Morgan fingerprint density at radius 3 is 2.94 bits per heavy atom. The lowest BCUT2D eigenvalue weighted by Crippen LogP contribution is -2.02. The fourth-order valence-corrected chi connectivity index (χ4v) is 2.67. The zero-order valence-corrected chi connectivity index (χ0v) is 10.6. The minimum atomic E-state index is -0.666. The Morgan fingerprint density at radius 2 is 2.31 bits per heavy atom. The first-order valence-electron chi connectivity index (χ1n) is 4.68. The molecule has 5 heteroatoms. The van der Waals surface area contributed by atoms with Gasteiger partial charge in [0, 0.05) is 22.5 Å². The summed E-state index contributed by atoms with van der Waals surface area (Å²) in [4.78, 5) is 4.10. The molecule has 1 atom stereocenters. The summed E-state index contributed by atoms with van der Waals surface area (Å²) in [6, 6.07) is 4.27. The number of hydrogen-bond acceptors (Lipinski definition) is 3. The lowest BCUT2D eigenvalue weighted by molar-refractivity contribution is 0.177. The summed E-state index contributed by atoms with van der Waals surface area (Å²) >= 11 is 4.73. The summed E-state index contributed by atoms with van der Waals surface area (Å²) in [5, 5.41) is 12.7. The van der Waals surface area contributed by atoms with Crippen LogP contribution in [0, 0.1) is 5.82 Å². The van der Waals surface area contributed by atoms with E-state index >= 15 is 0 Å². The number of halogens is 2. The highest BCUT2D eigenvalue weighted by molar-refractivity contribution is 9.10. The first kappa shape index (κ1) is 11.7. The molecule has 0 saturated carbocycles. The van der Waals surface area contributed by atoms with Crippen molar-refractivity contribution in [2.75, 3.05) is 0 Å². The molecule has 2 rings (SSSR count). The Hall–Kier alpha value is -0.780. The van der Waals surface area contributed by atoms with Gasteiger partial charge in [0.05, 0.1) is 11.1 Å². The topological polar surface area (TPSA) is 33.1 Å². The second kappa shape index (κ2) is 5.03. The Labute approximate surface area is 105 Å². The van der Waals surface area contributed by atoms with Crippen molar-refractivity contribution in [1.82, 2.24) is 4.98 Å². The summed E-state index contributed by atoms with van der Waals surface area (Å²) in [6.45, 7) is 0. The molecule has 2 nitrogen and oxygen atoms in total. The number of nitrogens with zero attached hydrogens (tertiary/aromatic N) is 1. The second-order valence-electron chi connectivity index (χ2n) is 3.31. The van der Waals surface area contributed by atoms with E-state index in [0.29, 0.717) is 16.5 Å².